The molecule has 6 nitrogen and oxygen atoms in total. The monoisotopic (exact) mass is 378 g/mol. The Balaban J connectivity index is 1.80. The lowest BCUT2D eigenvalue weighted by Gasteiger charge is -2.09. The van der Waals surface area contributed by atoms with Crippen LogP contribution in [0.25, 0.3) is 16.7 Å². The predicted octanol–water partition coefficient (Wildman–Crippen LogP) is 4.77. The molecule has 0 saturated heterocycles. The minimum absolute atomic E-state index is 0.0825. The summed E-state index contributed by atoms with van der Waals surface area (Å²) in [6, 6.07) is 12.7. The lowest BCUT2D eigenvalue weighted by Crippen LogP contribution is -2.00. The summed E-state index contributed by atoms with van der Waals surface area (Å²) in [4.78, 5) is 20.4. The Hall–Kier alpha value is -3.25. The Kier molecular flexibility index (Phi) is 4.33. The van der Waals surface area contributed by atoms with E-state index in [0.29, 0.717) is 33.2 Å². The molecule has 0 N–H and O–H groups in total. The van der Waals surface area contributed by atoms with Crippen LogP contribution in [0.4, 0.5) is 0 Å². The Morgan fingerprint density at radius 2 is 1.96 bits per heavy atom. The number of carbonyl (C=O) groups is 1. The molecule has 0 aliphatic carbocycles. The van der Waals surface area contributed by atoms with Crippen molar-refractivity contribution in [3.05, 3.63) is 71.1 Å². The molecule has 0 spiro atoms. The van der Waals surface area contributed by atoms with Gasteiger partial charge in [-0.25, -0.2) is 14.6 Å². The SMILES string of the molecule is CC(=O)c1ccccc1Oc1ncnc2c1cnn2-c1ccc(C)c(Cl)c1. The van der Waals surface area contributed by atoms with Crippen molar-refractivity contribution in [2.45, 2.75) is 13.8 Å². The van der Waals surface area contributed by atoms with E-state index >= 15 is 0 Å². The van der Waals surface area contributed by atoms with Gasteiger partial charge < -0.3 is 4.74 Å². The number of Topliss-reactive ketones (excluding diaryl/α,β-unsaturated/α-hetero) is 1. The number of aryl methyl sites for hydroxylation is 1. The zero-order chi connectivity index (χ0) is 19.0. The second-order valence-electron chi connectivity index (χ2n) is 6.06. The third-order valence-electron chi connectivity index (χ3n) is 4.20. The average molecular weight is 379 g/mol. The highest BCUT2D eigenvalue weighted by Crippen LogP contribution is 2.30. The highest BCUT2D eigenvalue weighted by atomic mass is 35.5. The highest BCUT2D eigenvalue weighted by molar-refractivity contribution is 6.31. The topological polar surface area (TPSA) is 69.9 Å². The molecule has 0 radical (unpaired) electrons. The van der Waals surface area contributed by atoms with E-state index in [-0.39, 0.29) is 5.78 Å². The maximum Gasteiger partial charge on any atom is 0.233 e. The first kappa shape index (κ1) is 17.2. The number of fused-ring (bicyclic) bond motifs is 1. The minimum atomic E-state index is -0.0825. The molecule has 0 saturated carbocycles. The number of aromatic nitrogens is 4. The fraction of sp³-hybridized carbons (Fsp3) is 0.100. The summed E-state index contributed by atoms with van der Waals surface area (Å²) in [6.45, 7) is 3.44. The maximum atomic E-state index is 11.8. The number of benzene rings is 2. The van der Waals surface area contributed by atoms with Gasteiger partial charge in [-0.1, -0.05) is 29.8 Å². The Bertz CT molecular complexity index is 1170. The number of hydrogen-bond donors (Lipinski definition) is 0. The number of nitrogens with zero attached hydrogens (tertiary/aromatic N) is 4. The molecule has 0 bridgehead atoms. The number of ether oxygens (including phenoxy) is 1. The number of carbonyl (C=O) groups excluding carboxylic acids is 1. The van der Waals surface area contributed by atoms with Gasteiger partial charge in [-0.15, -0.1) is 0 Å². The van der Waals surface area contributed by atoms with E-state index in [2.05, 4.69) is 15.1 Å². The summed E-state index contributed by atoms with van der Waals surface area (Å²) in [5.41, 5.74) is 2.84. The van der Waals surface area contributed by atoms with Crippen LogP contribution in [0.2, 0.25) is 5.02 Å². The van der Waals surface area contributed by atoms with Gasteiger partial charge in [-0.2, -0.15) is 5.10 Å². The van der Waals surface area contributed by atoms with Crippen LogP contribution in [0.1, 0.15) is 22.8 Å². The van der Waals surface area contributed by atoms with E-state index < -0.39 is 0 Å². The van der Waals surface area contributed by atoms with Crippen LogP contribution in [-0.2, 0) is 0 Å². The van der Waals surface area contributed by atoms with Gasteiger partial charge in [0.05, 0.1) is 17.4 Å². The van der Waals surface area contributed by atoms with Gasteiger partial charge in [-0.3, -0.25) is 4.79 Å². The smallest absolute Gasteiger partial charge is 0.233 e. The molecule has 4 aromatic rings. The standard InChI is InChI=1S/C20H15ClN4O2/c1-12-7-8-14(9-17(12)21)25-19-16(10-24-25)20(23-11-22-19)27-18-6-4-3-5-15(18)13(2)26/h3-11H,1-2H3. The first-order valence-corrected chi connectivity index (χ1v) is 8.65. The van der Waals surface area contributed by atoms with Gasteiger partial charge in [0.25, 0.3) is 0 Å². The molecule has 2 aromatic carbocycles. The summed E-state index contributed by atoms with van der Waals surface area (Å²) < 4.78 is 7.60. The maximum absolute atomic E-state index is 11.8. The lowest BCUT2D eigenvalue weighted by molar-refractivity contribution is 0.101. The zero-order valence-corrected chi connectivity index (χ0v) is 15.4. The predicted molar refractivity (Wildman–Crippen MR) is 103 cm³/mol. The number of halogens is 1. The van der Waals surface area contributed by atoms with Crippen LogP contribution < -0.4 is 4.74 Å². The molecule has 0 aliphatic rings. The van der Waals surface area contributed by atoms with Crippen molar-refractivity contribution in [2.75, 3.05) is 0 Å². The Labute approximate surface area is 160 Å². The van der Waals surface area contributed by atoms with E-state index in [0.717, 1.165) is 11.3 Å². The number of ketones is 1. The van der Waals surface area contributed by atoms with E-state index in [1.54, 1.807) is 35.1 Å². The molecular formula is C20H15ClN4O2. The van der Waals surface area contributed by atoms with Crippen molar-refractivity contribution < 1.29 is 9.53 Å². The second-order valence-corrected chi connectivity index (χ2v) is 6.47. The Morgan fingerprint density at radius 1 is 1.15 bits per heavy atom. The van der Waals surface area contributed by atoms with Crippen molar-refractivity contribution in [3.8, 4) is 17.3 Å². The quantitative estimate of drug-likeness (QED) is 0.478. The van der Waals surface area contributed by atoms with Crippen LogP contribution in [-0.4, -0.2) is 25.5 Å². The summed E-state index contributed by atoms with van der Waals surface area (Å²) >= 11 is 6.24. The molecule has 4 rings (SSSR count). The van der Waals surface area contributed by atoms with Gasteiger partial charge >= 0.3 is 0 Å². The van der Waals surface area contributed by atoms with Crippen molar-refractivity contribution in [1.82, 2.24) is 19.7 Å². The third kappa shape index (κ3) is 3.15. The lowest BCUT2D eigenvalue weighted by atomic mass is 10.1. The van der Waals surface area contributed by atoms with Gasteiger partial charge in [0.2, 0.25) is 5.88 Å². The highest BCUT2D eigenvalue weighted by Gasteiger charge is 2.15. The first-order valence-electron chi connectivity index (χ1n) is 8.27. The molecule has 0 fully saturated rings. The largest absolute Gasteiger partial charge is 0.437 e. The molecule has 0 unspecified atom stereocenters. The summed E-state index contributed by atoms with van der Waals surface area (Å²) in [5, 5.41) is 5.69. The van der Waals surface area contributed by atoms with E-state index in [1.165, 1.54) is 13.3 Å². The molecular weight excluding hydrogens is 364 g/mol. The number of para-hydroxylation sites is 1. The molecule has 2 aromatic heterocycles. The second kappa shape index (κ2) is 6.81. The average Bonchev–Trinajstić information content (AvgIpc) is 3.09. The van der Waals surface area contributed by atoms with Crippen LogP contribution in [0.5, 0.6) is 11.6 Å². The molecule has 7 heteroatoms. The first-order chi connectivity index (χ1) is 13.0. The Morgan fingerprint density at radius 3 is 2.74 bits per heavy atom. The zero-order valence-electron chi connectivity index (χ0n) is 14.7. The van der Waals surface area contributed by atoms with Crippen LogP contribution >= 0.6 is 11.6 Å². The van der Waals surface area contributed by atoms with Crippen LogP contribution in [0.3, 0.4) is 0 Å². The van der Waals surface area contributed by atoms with Gasteiger partial charge in [0.15, 0.2) is 11.4 Å². The van der Waals surface area contributed by atoms with Crippen LogP contribution in [0, 0.1) is 6.92 Å². The van der Waals surface area contributed by atoms with Crippen molar-refractivity contribution >= 4 is 28.4 Å². The van der Waals surface area contributed by atoms with E-state index in [9.17, 15) is 4.79 Å². The molecule has 0 aliphatic heterocycles. The van der Waals surface area contributed by atoms with Gasteiger partial charge in [0.1, 0.15) is 17.5 Å². The molecule has 134 valence electrons. The van der Waals surface area contributed by atoms with Crippen molar-refractivity contribution in [1.29, 1.82) is 0 Å². The summed E-state index contributed by atoms with van der Waals surface area (Å²) in [7, 11) is 0. The summed E-state index contributed by atoms with van der Waals surface area (Å²) in [6.07, 6.45) is 3.04. The van der Waals surface area contributed by atoms with Gasteiger partial charge in [-0.05, 0) is 43.7 Å². The number of hydrogen-bond acceptors (Lipinski definition) is 5. The fourth-order valence-electron chi connectivity index (χ4n) is 2.76. The van der Waals surface area contributed by atoms with Crippen LogP contribution in [0.15, 0.2) is 55.0 Å². The normalized spacial score (nSPS) is 10.9. The molecule has 0 amide bonds. The van der Waals surface area contributed by atoms with E-state index in [4.69, 9.17) is 16.3 Å². The van der Waals surface area contributed by atoms with E-state index in [1.807, 2.05) is 25.1 Å². The van der Waals surface area contributed by atoms with Gasteiger partial charge in [0, 0.05) is 5.02 Å². The van der Waals surface area contributed by atoms with Crippen molar-refractivity contribution in [2.24, 2.45) is 0 Å². The summed E-state index contributed by atoms with van der Waals surface area (Å²) in [5.74, 6) is 0.690. The molecule has 2 heterocycles. The third-order valence-corrected chi connectivity index (χ3v) is 4.61. The fourth-order valence-corrected chi connectivity index (χ4v) is 2.93. The number of rotatable bonds is 4. The minimum Gasteiger partial charge on any atom is -0.437 e. The van der Waals surface area contributed by atoms with Crippen molar-refractivity contribution in [3.63, 3.8) is 0 Å². The molecule has 0 atom stereocenters. The molecule has 27 heavy (non-hydrogen) atoms.